The maximum atomic E-state index is 14.3. The van der Waals surface area contributed by atoms with E-state index >= 15 is 0 Å². The number of hydrogen-bond acceptors (Lipinski definition) is 10. The first kappa shape index (κ1) is 38.3. The van der Waals surface area contributed by atoms with Crippen molar-refractivity contribution < 1.29 is 27.5 Å². The Balaban J connectivity index is 1.09. The van der Waals surface area contributed by atoms with Crippen molar-refractivity contribution >= 4 is 50.1 Å². The molecule has 296 valence electrons. The number of amides is 3. The van der Waals surface area contributed by atoms with E-state index in [-0.39, 0.29) is 37.3 Å². The summed E-state index contributed by atoms with van der Waals surface area (Å²) in [7, 11) is -3.95. The summed E-state index contributed by atoms with van der Waals surface area (Å²) in [6, 6.07) is 14.5. The fraction of sp³-hybridized carbons (Fsp3) is 0.488. The molecule has 8 rings (SSSR count). The lowest BCUT2D eigenvalue weighted by Gasteiger charge is -2.28. The van der Waals surface area contributed by atoms with Gasteiger partial charge in [0, 0.05) is 34.9 Å². The molecular weight excluding hydrogens is 751 g/mol. The van der Waals surface area contributed by atoms with E-state index in [4.69, 9.17) is 20.4 Å². The SMILES string of the molecule is CC(C)n1c(O[C@@H]2C[C@H]3C(=O)N[C@]4(C(=O)NS(=O)(=O)C5(C)CC5)C[C@H]4/C=C\CCCCC[C@H](N)C(=O)N3C2)nc2c(-c3nc(-c4ccccc4)cs3)cccc21. The summed E-state index contributed by atoms with van der Waals surface area (Å²) in [5.74, 6) is -2.06. The number of rotatable bonds is 8. The summed E-state index contributed by atoms with van der Waals surface area (Å²) in [5.41, 5.74) is 9.39. The number of benzene rings is 2. The number of thiazole rings is 1. The zero-order valence-corrected chi connectivity index (χ0v) is 33.6. The molecule has 13 nitrogen and oxygen atoms in total. The van der Waals surface area contributed by atoms with Gasteiger partial charge in [0.15, 0.2) is 0 Å². The van der Waals surface area contributed by atoms with Crippen molar-refractivity contribution in [2.45, 2.75) is 113 Å². The number of nitrogens with two attached hydrogens (primary N) is 1. The molecule has 0 radical (unpaired) electrons. The Hall–Kier alpha value is -4.60. The predicted molar refractivity (Wildman–Crippen MR) is 215 cm³/mol. The van der Waals surface area contributed by atoms with E-state index in [2.05, 4.69) is 10.0 Å². The molecule has 2 aliphatic carbocycles. The van der Waals surface area contributed by atoms with Crippen LogP contribution < -0.4 is 20.5 Å². The highest BCUT2D eigenvalue weighted by atomic mass is 32.2. The van der Waals surface area contributed by atoms with E-state index in [0.29, 0.717) is 25.3 Å². The van der Waals surface area contributed by atoms with Gasteiger partial charge >= 0.3 is 0 Å². The standard InChI is InChI=1S/C41H49N7O6S2/c1-25(2)48-32-18-12-16-29(36-43-31(24-55-36)26-13-8-7-9-14-26)34(32)44-39(48)54-28-21-33-35(49)45-41(38(51)46-56(52,53)40(3)19-20-40)22-27(41)15-10-5-4-6-11-17-30(42)37(50)47(33)23-28/h7-10,12-16,18,24-25,27-28,30,33H,4-6,11,17,19-23,42H2,1-3H3,(H,45,49)(H,46,51)/b15-10-/t27-,28-,30+,33+,41-/m1/s1. The minimum atomic E-state index is -3.95. The lowest BCUT2D eigenvalue weighted by molar-refractivity contribution is -0.140. The van der Waals surface area contributed by atoms with Gasteiger partial charge in [-0.25, -0.2) is 13.4 Å². The number of hydrogen-bond donors (Lipinski definition) is 3. The molecule has 0 spiro atoms. The largest absolute Gasteiger partial charge is 0.459 e. The zero-order chi connectivity index (χ0) is 39.4. The van der Waals surface area contributed by atoms with Gasteiger partial charge in [-0.2, -0.15) is 4.98 Å². The van der Waals surface area contributed by atoms with Crippen molar-refractivity contribution in [2.24, 2.45) is 11.7 Å². The van der Waals surface area contributed by atoms with Crippen LogP contribution in [0, 0.1) is 5.92 Å². The molecule has 0 bridgehead atoms. The highest BCUT2D eigenvalue weighted by Gasteiger charge is 2.63. The summed E-state index contributed by atoms with van der Waals surface area (Å²) >= 11 is 1.54. The van der Waals surface area contributed by atoms with Crippen LogP contribution in [-0.4, -0.2) is 80.6 Å². The second kappa shape index (κ2) is 14.7. The molecule has 3 amide bonds. The molecule has 3 fully saturated rings. The first-order valence-electron chi connectivity index (χ1n) is 19.6. The van der Waals surface area contributed by atoms with Gasteiger partial charge in [-0.15, -0.1) is 11.3 Å². The van der Waals surface area contributed by atoms with Crippen molar-refractivity contribution in [3.8, 4) is 27.8 Å². The highest BCUT2D eigenvalue weighted by Crippen LogP contribution is 2.47. The number of carbonyl (C=O) groups excluding carboxylic acids is 3. The van der Waals surface area contributed by atoms with Crippen LogP contribution in [0.5, 0.6) is 6.01 Å². The smallest absolute Gasteiger partial charge is 0.297 e. The normalized spacial score (nSPS) is 27.1. The van der Waals surface area contributed by atoms with Crippen LogP contribution in [0.4, 0.5) is 0 Å². The Morgan fingerprint density at radius 2 is 1.86 bits per heavy atom. The van der Waals surface area contributed by atoms with Crippen LogP contribution in [0.15, 0.2) is 66.1 Å². The summed E-state index contributed by atoms with van der Waals surface area (Å²) in [4.78, 5) is 53.6. The number of para-hydroxylation sites is 1. The van der Waals surface area contributed by atoms with E-state index in [9.17, 15) is 22.8 Å². The molecule has 2 aromatic heterocycles. The summed E-state index contributed by atoms with van der Waals surface area (Å²) in [6.45, 7) is 5.78. The van der Waals surface area contributed by atoms with Crippen LogP contribution in [0.3, 0.4) is 0 Å². The molecule has 0 unspecified atom stereocenters. The molecule has 15 heteroatoms. The predicted octanol–water partition coefficient (Wildman–Crippen LogP) is 5.48. The molecule has 4 N–H and O–H groups in total. The average molecular weight is 800 g/mol. The van der Waals surface area contributed by atoms with Crippen molar-refractivity contribution in [1.82, 2.24) is 29.5 Å². The number of imidazole rings is 1. The highest BCUT2D eigenvalue weighted by molar-refractivity contribution is 7.91. The van der Waals surface area contributed by atoms with Crippen molar-refractivity contribution in [3.63, 3.8) is 0 Å². The van der Waals surface area contributed by atoms with E-state index in [1.165, 1.54) is 4.90 Å². The summed E-state index contributed by atoms with van der Waals surface area (Å²) < 4.78 is 36.2. The molecule has 56 heavy (non-hydrogen) atoms. The van der Waals surface area contributed by atoms with E-state index in [1.54, 1.807) is 18.3 Å². The Labute approximate surface area is 331 Å². The van der Waals surface area contributed by atoms with Crippen molar-refractivity contribution in [1.29, 1.82) is 0 Å². The van der Waals surface area contributed by atoms with Gasteiger partial charge in [0.25, 0.3) is 11.9 Å². The van der Waals surface area contributed by atoms with Crippen LogP contribution >= 0.6 is 11.3 Å². The van der Waals surface area contributed by atoms with Crippen molar-refractivity contribution in [2.75, 3.05) is 6.54 Å². The lowest BCUT2D eigenvalue weighted by Crippen LogP contribution is -2.58. The molecule has 2 saturated carbocycles. The third kappa shape index (κ3) is 7.13. The number of carbonyl (C=O) groups is 3. The minimum Gasteiger partial charge on any atom is -0.459 e. The molecule has 4 heterocycles. The summed E-state index contributed by atoms with van der Waals surface area (Å²) in [5, 5.41) is 5.79. The van der Waals surface area contributed by atoms with Crippen LogP contribution in [0.1, 0.15) is 84.6 Å². The van der Waals surface area contributed by atoms with Gasteiger partial charge < -0.3 is 20.7 Å². The minimum absolute atomic E-state index is 0.0426. The van der Waals surface area contributed by atoms with E-state index in [0.717, 1.165) is 58.5 Å². The number of nitrogens with one attached hydrogen (secondary N) is 2. The molecular formula is C41H49N7O6S2. The average Bonchev–Trinajstić information content (AvgIpc) is 3.84. The maximum absolute atomic E-state index is 14.3. The van der Waals surface area contributed by atoms with E-state index in [1.807, 2.05) is 84.5 Å². The number of sulfonamides is 1. The monoisotopic (exact) mass is 799 g/mol. The first-order chi connectivity index (χ1) is 26.8. The van der Waals surface area contributed by atoms with Crippen LogP contribution in [0.25, 0.3) is 32.9 Å². The second-order valence-corrected chi connectivity index (χ2v) is 19.3. The second-order valence-electron chi connectivity index (χ2n) is 16.2. The fourth-order valence-corrected chi connectivity index (χ4v) is 10.1. The van der Waals surface area contributed by atoms with E-state index < -0.39 is 50.3 Å². The van der Waals surface area contributed by atoms with Gasteiger partial charge in [0.1, 0.15) is 28.2 Å². The number of ether oxygens (including phenoxy) is 1. The Bertz CT molecular complexity index is 2300. The van der Waals surface area contributed by atoms with Gasteiger partial charge in [-0.3, -0.25) is 23.7 Å². The third-order valence-electron chi connectivity index (χ3n) is 11.8. The Morgan fingerprint density at radius 3 is 2.61 bits per heavy atom. The lowest BCUT2D eigenvalue weighted by atomic mass is 10.1. The molecule has 4 aliphatic rings. The van der Waals surface area contributed by atoms with Crippen molar-refractivity contribution in [3.05, 3.63) is 66.1 Å². The van der Waals surface area contributed by atoms with Crippen LogP contribution in [-0.2, 0) is 24.4 Å². The number of nitrogens with zero attached hydrogens (tertiary/aromatic N) is 4. The molecule has 1 saturated heterocycles. The number of aromatic nitrogens is 3. The molecule has 5 atom stereocenters. The maximum Gasteiger partial charge on any atom is 0.297 e. The Morgan fingerprint density at radius 1 is 1.07 bits per heavy atom. The zero-order valence-electron chi connectivity index (χ0n) is 31.9. The molecule has 2 aromatic carbocycles. The fourth-order valence-electron chi connectivity index (χ4n) is 7.98. The van der Waals surface area contributed by atoms with Crippen LogP contribution in [0.2, 0.25) is 0 Å². The molecule has 2 aliphatic heterocycles. The summed E-state index contributed by atoms with van der Waals surface area (Å²) in [6.07, 6.45) is 8.29. The quantitative estimate of drug-likeness (QED) is 0.195. The van der Waals surface area contributed by atoms with Gasteiger partial charge in [-0.05, 0) is 71.4 Å². The Kier molecular flexibility index (Phi) is 10.1. The number of allylic oxidation sites excluding steroid dienone is 1. The third-order valence-corrected chi connectivity index (χ3v) is 14.8. The topological polar surface area (TPSA) is 179 Å². The van der Waals surface area contributed by atoms with Gasteiger partial charge in [0.2, 0.25) is 21.8 Å². The van der Waals surface area contributed by atoms with Gasteiger partial charge in [-0.1, -0.05) is 61.4 Å². The molecule has 4 aromatic rings. The number of fused-ring (bicyclic) bond motifs is 3. The first-order valence-corrected chi connectivity index (χ1v) is 22.0. The van der Waals surface area contributed by atoms with Gasteiger partial charge in [0.05, 0.1) is 28.5 Å².